The van der Waals surface area contributed by atoms with E-state index in [1.807, 2.05) is 4.90 Å². The summed E-state index contributed by atoms with van der Waals surface area (Å²) in [7, 11) is 3.19. The zero-order valence-corrected chi connectivity index (χ0v) is 17.9. The molecule has 0 saturated carbocycles. The normalized spacial score (nSPS) is 20.7. The van der Waals surface area contributed by atoms with Gasteiger partial charge < -0.3 is 19.1 Å². The van der Waals surface area contributed by atoms with Crippen molar-refractivity contribution in [2.24, 2.45) is 5.92 Å². The van der Waals surface area contributed by atoms with E-state index in [4.69, 9.17) is 14.2 Å². The van der Waals surface area contributed by atoms with Gasteiger partial charge >= 0.3 is 0 Å². The van der Waals surface area contributed by atoms with E-state index in [2.05, 4.69) is 30.3 Å². The molecule has 5 heteroatoms. The van der Waals surface area contributed by atoms with Crippen molar-refractivity contribution in [3.63, 3.8) is 0 Å². The predicted octanol–water partition coefficient (Wildman–Crippen LogP) is 4.35. The lowest BCUT2D eigenvalue weighted by molar-refractivity contribution is -0.123. The predicted molar refractivity (Wildman–Crippen MR) is 116 cm³/mol. The molecule has 4 rings (SSSR count). The fourth-order valence-corrected chi connectivity index (χ4v) is 4.86. The van der Waals surface area contributed by atoms with E-state index in [0.717, 1.165) is 38.7 Å². The van der Waals surface area contributed by atoms with Crippen LogP contribution in [-0.2, 0) is 11.2 Å². The molecule has 0 N–H and O–H groups in total. The Morgan fingerprint density at radius 1 is 1.10 bits per heavy atom. The molecule has 30 heavy (non-hydrogen) atoms. The number of likely N-dealkylation sites (tertiary alicyclic amines) is 1. The van der Waals surface area contributed by atoms with Crippen LogP contribution in [0.3, 0.4) is 0 Å². The van der Waals surface area contributed by atoms with E-state index in [0.29, 0.717) is 36.1 Å². The zero-order chi connectivity index (χ0) is 21.0. The third-order valence-electron chi connectivity index (χ3n) is 6.56. The number of nitrogens with zero attached hydrogens (tertiary/aromatic N) is 1. The minimum absolute atomic E-state index is 0.0148. The maximum Gasteiger partial charge on any atom is 0.257 e. The highest BCUT2D eigenvalue weighted by Crippen LogP contribution is 2.39. The van der Waals surface area contributed by atoms with Gasteiger partial charge in [0.1, 0.15) is 11.5 Å². The topological polar surface area (TPSA) is 48.0 Å². The minimum Gasteiger partial charge on any atom is -0.497 e. The largest absolute Gasteiger partial charge is 0.497 e. The first-order valence-corrected chi connectivity index (χ1v) is 10.8. The number of amides is 1. The molecule has 1 amide bonds. The third-order valence-corrected chi connectivity index (χ3v) is 6.56. The first-order valence-electron chi connectivity index (χ1n) is 10.8. The first-order chi connectivity index (χ1) is 14.6. The van der Waals surface area contributed by atoms with Gasteiger partial charge in [-0.1, -0.05) is 30.3 Å². The molecule has 2 aliphatic rings. The molecule has 1 spiro atoms. The number of hydrogen-bond acceptors (Lipinski definition) is 4. The van der Waals surface area contributed by atoms with E-state index in [-0.39, 0.29) is 11.5 Å². The average molecular weight is 410 g/mol. The molecule has 5 nitrogen and oxygen atoms in total. The van der Waals surface area contributed by atoms with Gasteiger partial charge in [0, 0.05) is 25.8 Å². The summed E-state index contributed by atoms with van der Waals surface area (Å²) < 4.78 is 17.0. The van der Waals surface area contributed by atoms with Crippen molar-refractivity contribution in [1.82, 2.24) is 4.90 Å². The fraction of sp³-hybridized carbons (Fsp3) is 0.480. The molecule has 1 unspecified atom stereocenters. The molecule has 160 valence electrons. The average Bonchev–Trinajstić information content (AvgIpc) is 2.79. The third kappa shape index (κ3) is 4.46. The van der Waals surface area contributed by atoms with Crippen molar-refractivity contribution in [3.8, 4) is 11.5 Å². The van der Waals surface area contributed by atoms with Crippen LogP contribution in [0, 0.1) is 5.92 Å². The Labute approximate surface area is 178 Å². The second kappa shape index (κ2) is 9.09. The fourth-order valence-electron chi connectivity index (χ4n) is 4.86. The van der Waals surface area contributed by atoms with Crippen molar-refractivity contribution >= 4 is 5.91 Å². The van der Waals surface area contributed by atoms with Crippen LogP contribution >= 0.6 is 0 Å². The lowest BCUT2D eigenvalue weighted by atomic mass is 9.77. The van der Waals surface area contributed by atoms with Gasteiger partial charge in [0.05, 0.1) is 25.4 Å². The number of methoxy groups -OCH3 is 2. The van der Waals surface area contributed by atoms with Crippen LogP contribution in [0.2, 0.25) is 0 Å². The lowest BCUT2D eigenvalue weighted by Gasteiger charge is -2.46. The summed E-state index contributed by atoms with van der Waals surface area (Å²) in [5.41, 5.74) is 1.90. The van der Waals surface area contributed by atoms with Crippen LogP contribution in [-0.4, -0.2) is 50.3 Å². The lowest BCUT2D eigenvalue weighted by Crippen LogP contribution is -2.51. The SMILES string of the molecule is COc1ccc(C(=O)N2CCC3(CC2)CC(Cc2ccccc2)CCO3)c(OC)c1. The number of piperidine rings is 1. The quantitative estimate of drug-likeness (QED) is 0.737. The molecule has 1 atom stereocenters. The van der Waals surface area contributed by atoms with Crippen LogP contribution < -0.4 is 9.47 Å². The van der Waals surface area contributed by atoms with Crippen molar-refractivity contribution in [3.05, 3.63) is 59.7 Å². The van der Waals surface area contributed by atoms with E-state index in [1.54, 1.807) is 32.4 Å². The summed E-state index contributed by atoms with van der Waals surface area (Å²) in [6.45, 7) is 2.25. The number of carbonyl (C=O) groups is 1. The Balaban J connectivity index is 1.39. The minimum atomic E-state index is -0.0848. The molecule has 0 radical (unpaired) electrons. The number of hydrogen-bond donors (Lipinski definition) is 0. The van der Waals surface area contributed by atoms with Gasteiger partial charge in [-0.25, -0.2) is 0 Å². The summed E-state index contributed by atoms with van der Waals surface area (Å²) in [4.78, 5) is 15.1. The van der Waals surface area contributed by atoms with Crippen LogP contribution in [0.1, 0.15) is 41.6 Å². The highest BCUT2D eigenvalue weighted by atomic mass is 16.5. The smallest absolute Gasteiger partial charge is 0.257 e. The van der Waals surface area contributed by atoms with Gasteiger partial charge in [0.15, 0.2) is 0 Å². The molecule has 2 fully saturated rings. The number of ether oxygens (including phenoxy) is 3. The summed E-state index contributed by atoms with van der Waals surface area (Å²) in [5, 5.41) is 0. The highest BCUT2D eigenvalue weighted by molar-refractivity contribution is 5.97. The van der Waals surface area contributed by atoms with E-state index in [9.17, 15) is 4.79 Å². The number of rotatable bonds is 5. The van der Waals surface area contributed by atoms with E-state index >= 15 is 0 Å². The van der Waals surface area contributed by atoms with Crippen molar-refractivity contribution in [2.45, 2.75) is 37.7 Å². The Kier molecular flexibility index (Phi) is 6.28. The van der Waals surface area contributed by atoms with Crippen LogP contribution in [0.15, 0.2) is 48.5 Å². The van der Waals surface area contributed by atoms with Crippen LogP contribution in [0.5, 0.6) is 11.5 Å². The van der Waals surface area contributed by atoms with Gasteiger partial charge in [-0.2, -0.15) is 0 Å². The molecular formula is C25H31NO4. The molecule has 2 aromatic carbocycles. The number of carbonyl (C=O) groups excluding carboxylic acids is 1. The van der Waals surface area contributed by atoms with Gasteiger partial charge in [-0.15, -0.1) is 0 Å². The Bertz CT molecular complexity index is 859. The monoisotopic (exact) mass is 409 g/mol. The van der Waals surface area contributed by atoms with E-state index in [1.165, 1.54) is 5.56 Å². The maximum absolute atomic E-state index is 13.1. The molecule has 2 saturated heterocycles. The number of benzene rings is 2. The second-order valence-corrected chi connectivity index (χ2v) is 8.44. The summed E-state index contributed by atoms with van der Waals surface area (Å²) in [5.74, 6) is 1.89. The summed E-state index contributed by atoms with van der Waals surface area (Å²) >= 11 is 0. The van der Waals surface area contributed by atoms with Gasteiger partial charge in [0.2, 0.25) is 0 Å². The van der Waals surface area contributed by atoms with Gasteiger partial charge in [-0.3, -0.25) is 4.79 Å². The molecular weight excluding hydrogens is 378 g/mol. The van der Waals surface area contributed by atoms with Crippen LogP contribution in [0.4, 0.5) is 0 Å². The van der Waals surface area contributed by atoms with Crippen molar-refractivity contribution < 1.29 is 19.0 Å². The summed E-state index contributed by atoms with van der Waals surface area (Å²) in [6, 6.07) is 16.1. The molecule has 0 bridgehead atoms. The molecule has 2 aromatic rings. The van der Waals surface area contributed by atoms with Crippen molar-refractivity contribution in [2.75, 3.05) is 33.9 Å². The molecule has 2 heterocycles. The zero-order valence-electron chi connectivity index (χ0n) is 17.9. The van der Waals surface area contributed by atoms with Gasteiger partial charge in [-0.05, 0) is 55.7 Å². The highest BCUT2D eigenvalue weighted by Gasteiger charge is 2.41. The Morgan fingerprint density at radius 2 is 1.87 bits per heavy atom. The maximum atomic E-state index is 13.1. The standard InChI is InChI=1S/C25H31NO4/c1-28-21-8-9-22(23(17-21)29-2)24(27)26-13-11-25(12-14-26)18-20(10-15-30-25)16-19-6-4-3-5-7-19/h3-9,17,20H,10-16,18H2,1-2H3. The molecule has 2 aliphatic heterocycles. The summed E-state index contributed by atoms with van der Waals surface area (Å²) in [6.07, 6.45) is 5.08. The van der Waals surface area contributed by atoms with Crippen LogP contribution in [0.25, 0.3) is 0 Å². The Morgan fingerprint density at radius 3 is 2.57 bits per heavy atom. The molecule has 0 aliphatic carbocycles. The Hall–Kier alpha value is -2.53. The molecule has 0 aromatic heterocycles. The van der Waals surface area contributed by atoms with Crippen molar-refractivity contribution in [1.29, 1.82) is 0 Å². The first kappa shape index (κ1) is 20.7. The second-order valence-electron chi connectivity index (χ2n) is 8.44. The van der Waals surface area contributed by atoms with Gasteiger partial charge in [0.25, 0.3) is 5.91 Å². The van der Waals surface area contributed by atoms with E-state index < -0.39 is 0 Å².